The molecule has 1 rings (SSSR count). The van der Waals surface area contributed by atoms with Crippen LogP contribution in [-0.2, 0) is 4.79 Å². The number of carboxylic acid groups (broad SMARTS) is 1. The predicted molar refractivity (Wildman–Crippen MR) is 71.8 cm³/mol. The highest BCUT2D eigenvalue weighted by atomic mass is 16.5. The Bertz CT molecular complexity index is 520. The summed E-state index contributed by atoms with van der Waals surface area (Å²) in [5, 5.41) is 13.8. The molecular weight excluding hydrogens is 264 g/mol. The Hall–Kier alpha value is -2.38. The normalized spacial score (nSPS) is 13.2. The van der Waals surface area contributed by atoms with Crippen molar-refractivity contribution in [2.75, 3.05) is 12.4 Å². The van der Waals surface area contributed by atoms with Crippen molar-refractivity contribution in [1.29, 1.82) is 0 Å². The zero-order valence-electron chi connectivity index (χ0n) is 11.9. The molecule has 1 aromatic heterocycles. The molecule has 1 atom stereocenters. The molecule has 3 N–H and O–H groups in total. The topological polar surface area (TPSA) is 113 Å². The van der Waals surface area contributed by atoms with E-state index in [1.54, 1.807) is 19.9 Å². The molecule has 0 saturated carbocycles. The van der Waals surface area contributed by atoms with Gasteiger partial charge in [-0.1, -0.05) is 6.92 Å². The van der Waals surface area contributed by atoms with Crippen molar-refractivity contribution in [3.8, 4) is 5.88 Å². The number of ether oxygens (including phenoxy) is 1. The second-order valence-electron chi connectivity index (χ2n) is 4.45. The van der Waals surface area contributed by atoms with E-state index < -0.39 is 17.5 Å². The lowest BCUT2D eigenvalue weighted by Gasteiger charge is -2.24. The highest BCUT2D eigenvalue weighted by molar-refractivity contribution is 5.92. The zero-order chi connectivity index (χ0) is 15.3. The highest BCUT2D eigenvalue weighted by Crippen LogP contribution is 2.12. The first kappa shape index (κ1) is 15.7. The largest absolute Gasteiger partial charge is 0.481 e. The van der Waals surface area contributed by atoms with E-state index >= 15 is 0 Å². The van der Waals surface area contributed by atoms with Crippen molar-refractivity contribution < 1.29 is 19.4 Å². The van der Waals surface area contributed by atoms with Crippen LogP contribution < -0.4 is 15.4 Å². The molecule has 0 bridgehead atoms. The maximum atomic E-state index is 11.8. The Morgan fingerprint density at radius 3 is 2.60 bits per heavy atom. The van der Waals surface area contributed by atoms with Gasteiger partial charge >= 0.3 is 12.0 Å². The number of urea groups is 1. The fourth-order valence-corrected chi connectivity index (χ4v) is 1.38. The van der Waals surface area contributed by atoms with E-state index in [9.17, 15) is 9.59 Å². The van der Waals surface area contributed by atoms with Gasteiger partial charge in [0.05, 0.1) is 7.11 Å². The van der Waals surface area contributed by atoms with Gasteiger partial charge in [-0.15, -0.1) is 0 Å². The molecule has 0 radical (unpaired) electrons. The molecule has 20 heavy (non-hydrogen) atoms. The summed E-state index contributed by atoms with van der Waals surface area (Å²) in [7, 11) is 1.45. The van der Waals surface area contributed by atoms with Crippen LogP contribution in [0.2, 0.25) is 0 Å². The third-order valence-electron chi connectivity index (χ3n) is 2.83. The molecular formula is C12H18N4O4. The number of nitrogens with one attached hydrogen (secondary N) is 2. The Morgan fingerprint density at radius 1 is 1.45 bits per heavy atom. The molecule has 0 saturated heterocycles. The number of aryl methyl sites for hydroxylation is 1. The van der Waals surface area contributed by atoms with Crippen LogP contribution in [0, 0.1) is 6.92 Å². The van der Waals surface area contributed by atoms with E-state index in [0.717, 1.165) is 0 Å². The van der Waals surface area contributed by atoms with Gasteiger partial charge in [0.25, 0.3) is 0 Å². The summed E-state index contributed by atoms with van der Waals surface area (Å²) in [5.41, 5.74) is -0.735. The molecule has 0 spiro atoms. The van der Waals surface area contributed by atoms with Gasteiger partial charge in [-0.25, -0.2) is 14.6 Å². The summed E-state index contributed by atoms with van der Waals surface area (Å²) in [6.45, 7) is 4.81. The number of carboxylic acids is 1. The molecule has 8 nitrogen and oxygen atoms in total. The van der Waals surface area contributed by atoms with E-state index in [4.69, 9.17) is 9.84 Å². The van der Waals surface area contributed by atoms with Gasteiger partial charge < -0.3 is 15.2 Å². The molecule has 0 aliphatic heterocycles. The van der Waals surface area contributed by atoms with Gasteiger partial charge in [-0.05, 0) is 20.3 Å². The molecule has 0 aliphatic rings. The average Bonchev–Trinajstić information content (AvgIpc) is 2.37. The monoisotopic (exact) mass is 282 g/mol. The molecule has 8 heteroatoms. The molecule has 1 aromatic rings. The first-order chi connectivity index (χ1) is 9.30. The van der Waals surface area contributed by atoms with Crippen molar-refractivity contribution in [1.82, 2.24) is 15.3 Å². The Morgan fingerprint density at radius 2 is 2.10 bits per heavy atom. The van der Waals surface area contributed by atoms with Gasteiger partial charge in [-0.2, -0.15) is 4.98 Å². The average molecular weight is 282 g/mol. The highest BCUT2D eigenvalue weighted by Gasteiger charge is 2.32. The van der Waals surface area contributed by atoms with E-state index in [2.05, 4.69) is 20.6 Å². The number of hydrogen-bond acceptors (Lipinski definition) is 5. The number of nitrogens with zero attached hydrogens (tertiary/aromatic N) is 2. The number of anilines is 1. The number of carbonyl (C=O) groups is 2. The number of amides is 2. The molecule has 0 aliphatic carbocycles. The molecule has 0 aromatic carbocycles. The van der Waals surface area contributed by atoms with E-state index in [-0.39, 0.29) is 12.4 Å². The van der Waals surface area contributed by atoms with E-state index in [1.807, 2.05) is 0 Å². The maximum absolute atomic E-state index is 11.8. The van der Waals surface area contributed by atoms with Crippen molar-refractivity contribution >= 4 is 17.9 Å². The first-order valence-corrected chi connectivity index (χ1v) is 6.03. The lowest BCUT2D eigenvalue weighted by Crippen LogP contribution is -2.53. The van der Waals surface area contributed by atoms with Crippen molar-refractivity contribution in [2.24, 2.45) is 0 Å². The van der Waals surface area contributed by atoms with Gasteiger partial charge in [0.15, 0.2) is 0 Å². The van der Waals surface area contributed by atoms with Gasteiger partial charge in [0.2, 0.25) is 11.8 Å². The second kappa shape index (κ2) is 6.18. The first-order valence-electron chi connectivity index (χ1n) is 6.03. The number of methoxy groups -OCH3 is 1. The minimum atomic E-state index is -1.35. The van der Waals surface area contributed by atoms with Crippen LogP contribution in [0.4, 0.5) is 10.7 Å². The van der Waals surface area contributed by atoms with Crippen LogP contribution in [-0.4, -0.2) is 39.7 Å². The van der Waals surface area contributed by atoms with Crippen LogP contribution >= 0.6 is 0 Å². The van der Waals surface area contributed by atoms with E-state index in [1.165, 1.54) is 14.0 Å². The van der Waals surface area contributed by atoms with Crippen LogP contribution in [0.1, 0.15) is 26.0 Å². The summed E-state index contributed by atoms with van der Waals surface area (Å²) in [5.74, 6) is -0.759. The van der Waals surface area contributed by atoms with Crippen LogP contribution in [0.15, 0.2) is 6.07 Å². The Labute approximate surface area is 116 Å². The number of aliphatic carboxylic acids is 1. The minimum absolute atomic E-state index is 0.0446. The summed E-state index contributed by atoms with van der Waals surface area (Å²) >= 11 is 0. The SMILES string of the molecule is CCC(C)(NC(=O)Nc1nc(C)cc(OC)n1)C(=O)O. The summed E-state index contributed by atoms with van der Waals surface area (Å²) in [6.07, 6.45) is 0.244. The predicted octanol–water partition coefficient (Wildman–Crippen LogP) is 1.17. The van der Waals surface area contributed by atoms with Crippen molar-refractivity contribution in [3.05, 3.63) is 11.8 Å². The standard InChI is InChI=1S/C12H18N4O4/c1-5-12(3,9(17)18)16-11(19)15-10-13-7(2)6-8(14-10)20-4/h6H,5H2,1-4H3,(H,17,18)(H2,13,14,15,16,19). The smallest absolute Gasteiger partial charge is 0.329 e. The van der Waals surface area contributed by atoms with Crippen LogP contribution in [0.5, 0.6) is 5.88 Å². The summed E-state index contributed by atoms with van der Waals surface area (Å²) in [6, 6.07) is 0.917. The Balaban J connectivity index is 2.81. The van der Waals surface area contributed by atoms with Crippen LogP contribution in [0.3, 0.4) is 0 Å². The molecule has 2 amide bonds. The summed E-state index contributed by atoms with van der Waals surface area (Å²) in [4.78, 5) is 30.8. The van der Waals surface area contributed by atoms with Gasteiger partial charge in [0, 0.05) is 11.8 Å². The third-order valence-corrected chi connectivity index (χ3v) is 2.83. The lowest BCUT2D eigenvalue weighted by molar-refractivity contribution is -0.143. The van der Waals surface area contributed by atoms with Gasteiger partial charge in [-0.3, -0.25) is 5.32 Å². The molecule has 0 fully saturated rings. The number of hydrogen-bond donors (Lipinski definition) is 3. The van der Waals surface area contributed by atoms with Crippen molar-refractivity contribution in [2.45, 2.75) is 32.7 Å². The number of aromatic nitrogens is 2. The molecule has 1 heterocycles. The van der Waals surface area contributed by atoms with Crippen LogP contribution in [0.25, 0.3) is 0 Å². The lowest BCUT2D eigenvalue weighted by atomic mass is 10.00. The molecule has 110 valence electrons. The van der Waals surface area contributed by atoms with Crippen molar-refractivity contribution in [3.63, 3.8) is 0 Å². The molecule has 1 unspecified atom stereocenters. The van der Waals surface area contributed by atoms with Gasteiger partial charge in [0.1, 0.15) is 5.54 Å². The quantitative estimate of drug-likeness (QED) is 0.747. The third kappa shape index (κ3) is 3.81. The second-order valence-corrected chi connectivity index (χ2v) is 4.45. The number of rotatable bonds is 5. The van der Waals surface area contributed by atoms with E-state index in [0.29, 0.717) is 11.6 Å². The zero-order valence-corrected chi connectivity index (χ0v) is 11.9. The Kier molecular flexibility index (Phi) is 4.84. The number of carbonyl (C=O) groups excluding carboxylic acids is 1. The maximum Gasteiger partial charge on any atom is 0.329 e. The minimum Gasteiger partial charge on any atom is -0.481 e. The fraction of sp³-hybridized carbons (Fsp3) is 0.500. The summed E-state index contributed by atoms with van der Waals surface area (Å²) < 4.78 is 4.96. The fourth-order valence-electron chi connectivity index (χ4n) is 1.38.